The van der Waals surface area contributed by atoms with E-state index in [4.69, 9.17) is 9.47 Å². The molecule has 0 bridgehead atoms. The summed E-state index contributed by atoms with van der Waals surface area (Å²) in [5, 5.41) is 16.1. The topological polar surface area (TPSA) is 67.2 Å². The van der Waals surface area contributed by atoms with E-state index in [1.165, 1.54) is 0 Å². The molecule has 2 aliphatic rings. The number of nitrogens with one attached hydrogen (secondary N) is 2. The van der Waals surface area contributed by atoms with Crippen LogP contribution in [-0.2, 0) is 9.47 Å². The Balaban J connectivity index is 1.66. The maximum Gasteiger partial charge on any atom is 0.121 e. The molecule has 0 saturated heterocycles. The largest absolute Gasteiger partial charge is 0.371 e. The summed E-state index contributed by atoms with van der Waals surface area (Å²) in [6.07, 6.45) is 11.1. The van der Waals surface area contributed by atoms with Gasteiger partial charge in [0.2, 0.25) is 0 Å². The minimum atomic E-state index is -0.315. The summed E-state index contributed by atoms with van der Waals surface area (Å²) in [6, 6.07) is 19.9. The summed E-state index contributed by atoms with van der Waals surface area (Å²) in [4.78, 5) is 0. The summed E-state index contributed by atoms with van der Waals surface area (Å²) < 4.78 is 11.3. The first-order valence-corrected chi connectivity index (χ1v) is 10.4. The summed E-state index contributed by atoms with van der Waals surface area (Å²) in [7, 11) is 3.32. The van der Waals surface area contributed by atoms with E-state index >= 15 is 0 Å². The zero-order chi connectivity index (χ0) is 22.2. The second kappa shape index (κ2) is 10.5. The number of hydrogen-bond donors (Lipinski definition) is 2. The first-order chi connectivity index (χ1) is 15.8. The van der Waals surface area contributed by atoms with Crippen LogP contribution in [0.4, 0.5) is 11.4 Å². The van der Waals surface area contributed by atoms with E-state index in [0.717, 1.165) is 22.8 Å². The van der Waals surface area contributed by atoms with E-state index < -0.39 is 0 Å². The molecular formula is C26H26N4O2. The van der Waals surface area contributed by atoms with E-state index in [2.05, 4.69) is 20.8 Å². The molecular weight excluding hydrogens is 400 g/mol. The van der Waals surface area contributed by atoms with Crippen LogP contribution in [0.5, 0.6) is 0 Å². The molecule has 0 saturated carbocycles. The Morgan fingerprint density at radius 2 is 1.03 bits per heavy atom. The molecule has 162 valence electrons. The fraction of sp³-hybridized carbons (Fsp3) is 0.154. The molecule has 2 aromatic rings. The van der Waals surface area contributed by atoms with E-state index in [0.29, 0.717) is 11.4 Å². The van der Waals surface area contributed by atoms with Crippen molar-refractivity contribution in [2.24, 2.45) is 10.2 Å². The quantitative estimate of drug-likeness (QED) is 0.615. The van der Waals surface area contributed by atoms with E-state index in [1.54, 1.807) is 14.2 Å². The summed E-state index contributed by atoms with van der Waals surface area (Å²) in [5.41, 5.74) is 4.97. The average molecular weight is 427 g/mol. The predicted octanol–water partition coefficient (Wildman–Crippen LogP) is 4.95. The lowest BCUT2D eigenvalue weighted by Crippen LogP contribution is -2.30. The standard InChI is InChI=1S/C26H26N4O2/c1-31-23-17-9-15-21(27-19-11-5-3-6-12-19)25(23)29-30-26-22(16-10-18-24(26)32-2)28-20-13-7-4-8-14-20/h3-18,23-24,27-28H,1-2H3. The first-order valence-electron chi connectivity index (χ1n) is 10.4. The van der Waals surface area contributed by atoms with Gasteiger partial charge in [0, 0.05) is 25.6 Å². The highest BCUT2D eigenvalue weighted by Crippen LogP contribution is 2.20. The van der Waals surface area contributed by atoms with Gasteiger partial charge < -0.3 is 20.1 Å². The molecule has 6 nitrogen and oxygen atoms in total. The second-order valence-corrected chi connectivity index (χ2v) is 7.20. The maximum absolute atomic E-state index is 5.64. The molecule has 0 spiro atoms. The van der Waals surface area contributed by atoms with Gasteiger partial charge in [-0.15, -0.1) is 10.2 Å². The fourth-order valence-electron chi connectivity index (χ4n) is 3.44. The van der Waals surface area contributed by atoms with Gasteiger partial charge in [-0.25, -0.2) is 0 Å². The Bertz CT molecular complexity index is 1010. The molecule has 4 rings (SSSR count). The third-order valence-corrected chi connectivity index (χ3v) is 5.07. The number of methoxy groups -OCH3 is 2. The van der Waals surface area contributed by atoms with Gasteiger partial charge in [-0.2, -0.15) is 0 Å². The number of para-hydroxylation sites is 2. The lowest BCUT2D eigenvalue weighted by Gasteiger charge is -2.22. The highest BCUT2D eigenvalue weighted by atomic mass is 16.5. The van der Waals surface area contributed by atoms with Crippen LogP contribution in [0.25, 0.3) is 0 Å². The SMILES string of the molecule is COC1C=CC=C(Nc2ccccc2)C1=NN=C1C(Nc2ccccc2)=CC=CC1OC. The average Bonchev–Trinajstić information content (AvgIpc) is 2.84. The zero-order valence-corrected chi connectivity index (χ0v) is 18.1. The van der Waals surface area contributed by atoms with Crippen molar-refractivity contribution in [3.8, 4) is 0 Å². The molecule has 0 heterocycles. The van der Waals surface area contributed by atoms with Gasteiger partial charge in [0.25, 0.3) is 0 Å². The first kappa shape index (κ1) is 21.5. The summed E-state index contributed by atoms with van der Waals surface area (Å²) >= 11 is 0. The maximum atomic E-state index is 5.64. The molecule has 0 fully saturated rings. The Kier molecular flexibility index (Phi) is 7.07. The van der Waals surface area contributed by atoms with Gasteiger partial charge in [-0.3, -0.25) is 0 Å². The van der Waals surface area contributed by atoms with Crippen molar-refractivity contribution in [3.05, 3.63) is 109 Å². The number of rotatable bonds is 7. The van der Waals surface area contributed by atoms with Crippen LogP contribution < -0.4 is 10.6 Å². The van der Waals surface area contributed by atoms with Crippen LogP contribution in [0.2, 0.25) is 0 Å². The molecule has 6 heteroatoms. The Morgan fingerprint density at radius 1 is 0.625 bits per heavy atom. The summed E-state index contributed by atoms with van der Waals surface area (Å²) in [5.74, 6) is 0. The van der Waals surface area contributed by atoms with Gasteiger partial charge >= 0.3 is 0 Å². The molecule has 2 aliphatic carbocycles. The third-order valence-electron chi connectivity index (χ3n) is 5.07. The van der Waals surface area contributed by atoms with E-state index in [9.17, 15) is 0 Å². The van der Waals surface area contributed by atoms with Crippen molar-refractivity contribution in [2.75, 3.05) is 24.9 Å². The van der Waals surface area contributed by atoms with Gasteiger partial charge in [0.05, 0.1) is 11.4 Å². The summed E-state index contributed by atoms with van der Waals surface area (Å²) in [6.45, 7) is 0. The monoisotopic (exact) mass is 426 g/mol. The van der Waals surface area contributed by atoms with E-state index in [1.807, 2.05) is 97.1 Å². The zero-order valence-electron chi connectivity index (χ0n) is 18.1. The van der Waals surface area contributed by atoms with Gasteiger partial charge in [0.1, 0.15) is 23.6 Å². The van der Waals surface area contributed by atoms with Crippen LogP contribution in [0, 0.1) is 0 Å². The molecule has 2 atom stereocenters. The van der Waals surface area contributed by atoms with Gasteiger partial charge in [-0.05, 0) is 48.6 Å². The second-order valence-electron chi connectivity index (χ2n) is 7.20. The minimum absolute atomic E-state index is 0.315. The smallest absolute Gasteiger partial charge is 0.121 e. The molecule has 2 unspecified atom stereocenters. The van der Waals surface area contributed by atoms with Crippen molar-refractivity contribution in [3.63, 3.8) is 0 Å². The van der Waals surface area contributed by atoms with Crippen molar-refractivity contribution >= 4 is 22.8 Å². The molecule has 32 heavy (non-hydrogen) atoms. The Labute approximate surface area is 188 Å². The molecule has 0 amide bonds. The van der Waals surface area contributed by atoms with Gasteiger partial charge in [0.15, 0.2) is 0 Å². The number of allylic oxidation sites excluding steroid dienone is 4. The molecule has 0 aromatic heterocycles. The fourth-order valence-corrected chi connectivity index (χ4v) is 3.44. The number of anilines is 2. The van der Waals surface area contributed by atoms with Crippen molar-refractivity contribution in [2.45, 2.75) is 12.2 Å². The number of nitrogens with zero attached hydrogens (tertiary/aromatic N) is 2. The number of hydrogen-bond acceptors (Lipinski definition) is 6. The van der Waals surface area contributed by atoms with Crippen molar-refractivity contribution in [1.82, 2.24) is 0 Å². The highest BCUT2D eigenvalue weighted by molar-refractivity contribution is 6.10. The third kappa shape index (κ3) is 5.11. The Morgan fingerprint density at radius 3 is 1.41 bits per heavy atom. The lowest BCUT2D eigenvalue weighted by atomic mass is 10.0. The van der Waals surface area contributed by atoms with Crippen LogP contribution in [0.1, 0.15) is 0 Å². The predicted molar refractivity (Wildman–Crippen MR) is 131 cm³/mol. The van der Waals surface area contributed by atoms with Crippen LogP contribution in [0.15, 0.2) is 119 Å². The highest BCUT2D eigenvalue weighted by Gasteiger charge is 2.23. The number of ether oxygens (including phenoxy) is 2. The van der Waals surface area contributed by atoms with Crippen LogP contribution >= 0.6 is 0 Å². The molecule has 0 radical (unpaired) electrons. The van der Waals surface area contributed by atoms with Gasteiger partial charge in [-0.1, -0.05) is 48.6 Å². The van der Waals surface area contributed by atoms with Crippen LogP contribution in [0.3, 0.4) is 0 Å². The normalized spacial score (nSPS) is 22.6. The van der Waals surface area contributed by atoms with Crippen molar-refractivity contribution in [1.29, 1.82) is 0 Å². The molecule has 2 N–H and O–H groups in total. The minimum Gasteiger partial charge on any atom is -0.371 e. The Hall–Kier alpha value is -3.74. The lowest BCUT2D eigenvalue weighted by molar-refractivity contribution is 0.189. The van der Waals surface area contributed by atoms with Crippen LogP contribution in [-0.4, -0.2) is 37.9 Å². The molecule has 2 aromatic carbocycles. The van der Waals surface area contributed by atoms with E-state index in [-0.39, 0.29) is 12.2 Å². The molecule has 0 aliphatic heterocycles. The van der Waals surface area contributed by atoms with Crippen molar-refractivity contribution < 1.29 is 9.47 Å². The number of benzene rings is 2.